The standard InChI is InChI=1S/2C7H10F2O2/c2*1-3-5-4(2)7(8,9)6(10)11-5/h2*4-5H,3H2,1-2H3/t2*4?,5-/m11/s1. The fraction of sp³-hybridized carbons (Fsp3) is 0.857. The molecule has 22 heavy (non-hydrogen) atoms. The van der Waals surface area contributed by atoms with E-state index >= 15 is 0 Å². The molecule has 0 aromatic heterocycles. The van der Waals surface area contributed by atoms with Crippen LogP contribution in [0.3, 0.4) is 0 Å². The van der Waals surface area contributed by atoms with Crippen molar-refractivity contribution in [2.75, 3.05) is 0 Å². The summed E-state index contributed by atoms with van der Waals surface area (Å²) in [5, 5.41) is 0. The van der Waals surface area contributed by atoms with Gasteiger partial charge in [0.15, 0.2) is 0 Å². The highest BCUT2D eigenvalue weighted by atomic mass is 19.3. The molecule has 2 heterocycles. The molecule has 2 unspecified atom stereocenters. The lowest BCUT2D eigenvalue weighted by atomic mass is 9.99. The summed E-state index contributed by atoms with van der Waals surface area (Å²) in [4.78, 5) is 21.0. The first kappa shape index (κ1) is 18.7. The molecule has 4 nitrogen and oxygen atoms in total. The van der Waals surface area contributed by atoms with E-state index in [1.165, 1.54) is 13.8 Å². The molecule has 0 bridgehead atoms. The smallest absolute Gasteiger partial charge is 0.377 e. The van der Waals surface area contributed by atoms with E-state index < -0.39 is 47.8 Å². The van der Waals surface area contributed by atoms with Gasteiger partial charge in [0.05, 0.1) is 11.8 Å². The Kier molecular flexibility index (Phi) is 5.46. The van der Waals surface area contributed by atoms with Crippen LogP contribution in [-0.4, -0.2) is 36.0 Å². The molecule has 4 atom stereocenters. The van der Waals surface area contributed by atoms with Crippen LogP contribution in [0.2, 0.25) is 0 Å². The third kappa shape index (κ3) is 3.20. The highest BCUT2D eigenvalue weighted by Crippen LogP contribution is 2.38. The normalized spacial score (nSPS) is 35.5. The van der Waals surface area contributed by atoms with Gasteiger partial charge < -0.3 is 9.47 Å². The van der Waals surface area contributed by atoms with Crippen molar-refractivity contribution in [1.82, 2.24) is 0 Å². The lowest BCUT2D eigenvalue weighted by molar-refractivity contribution is -0.160. The van der Waals surface area contributed by atoms with Gasteiger partial charge in [-0.15, -0.1) is 0 Å². The average Bonchev–Trinajstić information content (AvgIpc) is 2.78. The summed E-state index contributed by atoms with van der Waals surface area (Å²) in [7, 11) is 0. The van der Waals surface area contributed by atoms with Gasteiger partial charge in [0.1, 0.15) is 12.2 Å². The Morgan fingerprint density at radius 1 is 0.818 bits per heavy atom. The van der Waals surface area contributed by atoms with Gasteiger partial charge in [0, 0.05) is 0 Å². The number of carbonyl (C=O) groups is 2. The van der Waals surface area contributed by atoms with Crippen molar-refractivity contribution < 1.29 is 36.6 Å². The molecule has 2 aliphatic heterocycles. The van der Waals surface area contributed by atoms with Crippen LogP contribution in [0.4, 0.5) is 17.6 Å². The van der Waals surface area contributed by atoms with Gasteiger partial charge >= 0.3 is 23.8 Å². The van der Waals surface area contributed by atoms with Crippen LogP contribution in [0, 0.1) is 11.8 Å². The third-order valence-electron chi connectivity index (χ3n) is 4.12. The number of hydrogen-bond donors (Lipinski definition) is 0. The first-order valence-corrected chi connectivity index (χ1v) is 7.17. The molecule has 0 radical (unpaired) electrons. The number of esters is 2. The lowest BCUT2D eigenvalue weighted by Crippen LogP contribution is -2.30. The van der Waals surface area contributed by atoms with E-state index in [2.05, 4.69) is 9.47 Å². The van der Waals surface area contributed by atoms with E-state index in [1.54, 1.807) is 13.8 Å². The van der Waals surface area contributed by atoms with Crippen molar-refractivity contribution in [3.05, 3.63) is 0 Å². The largest absolute Gasteiger partial charge is 0.457 e. The monoisotopic (exact) mass is 328 g/mol. The summed E-state index contributed by atoms with van der Waals surface area (Å²) < 4.78 is 59.7. The lowest BCUT2D eigenvalue weighted by Gasteiger charge is -2.12. The second-order valence-corrected chi connectivity index (χ2v) is 5.53. The first-order valence-electron chi connectivity index (χ1n) is 7.17. The molecule has 0 aromatic rings. The van der Waals surface area contributed by atoms with Gasteiger partial charge in [-0.1, -0.05) is 27.7 Å². The maximum absolute atomic E-state index is 12.7. The zero-order valence-electron chi connectivity index (χ0n) is 12.9. The molecule has 128 valence electrons. The molecule has 2 rings (SSSR count). The number of alkyl halides is 4. The number of carbonyl (C=O) groups excluding carboxylic acids is 2. The maximum Gasteiger partial charge on any atom is 0.377 e. The predicted molar refractivity (Wildman–Crippen MR) is 68.6 cm³/mol. The first-order chi connectivity index (χ1) is 9.99. The van der Waals surface area contributed by atoms with Crippen LogP contribution in [0.1, 0.15) is 40.5 Å². The highest BCUT2D eigenvalue weighted by Gasteiger charge is 2.57. The van der Waals surface area contributed by atoms with Crippen LogP contribution in [-0.2, 0) is 19.1 Å². The summed E-state index contributed by atoms with van der Waals surface area (Å²) in [6.07, 6.45) is -0.333. The van der Waals surface area contributed by atoms with Crippen molar-refractivity contribution >= 4 is 11.9 Å². The van der Waals surface area contributed by atoms with Crippen LogP contribution in [0.15, 0.2) is 0 Å². The topological polar surface area (TPSA) is 52.6 Å². The fourth-order valence-electron chi connectivity index (χ4n) is 2.35. The molecule has 2 aliphatic rings. The number of ether oxygens (including phenoxy) is 2. The molecular weight excluding hydrogens is 308 g/mol. The summed E-state index contributed by atoms with van der Waals surface area (Å²) >= 11 is 0. The number of cyclic esters (lactones) is 2. The SMILES string of the molecule is CC[C@H]1OC(=O)C(F)(F)C1C.CC[C@H]1OC(=O)C(F)(F)C1C. The average molecular weight is 328 g/mol. The van der Waals surface area contributed by atoms with E-state index in [1.807, 2.05) is 0 Å². The molecule has 0 amide bonds. The zero-order chi connectivity index (χ0) is 17.3. The highest BCUT2D eigenvalue weighted by molar-refractivity contribution is 5.80. The van der Waals surface area contributed by atoms with Crippen LogP contribution < -0.4 is 0 Å². The second kappa shape index (κ2) is 6.42. The number of hydrogen-bond acceptors (Lipinski definition) is 4. The minimum Gasteiger partial charge on any atom is -0.457 e. The minimum absolute atomic E-state index is 0.447. The zero-order valence-corrected chi connectivity index (χ0v) is 12.9. The van der Waals surface area contributed by atoms with Crippen LogP contribution >= 0.6 is 0 Å². The quantitative estimate of drug-likeness (QED) is 0.577. The van der Waals surface area contributed by atoms with Gasteiger partial charge in [-0.25, -0.2) is 9.59 Å². The molecule has 0 N–H and O–H groups in total. The summed E-state index contributed by atoms with van der Waals surface area (Å²) in [5.74, 6) is -11.3. The van der Waals surface area contributed by atoms with Crippen LogP contribution in [0.25, 0.3) is 0 Å². The van der Waals surface area contributed by atoms with Crippen molar-refractivity contribution in [2.24, 2.45) is 11.8 Å². The van der Waals surface area contributed by atoms with Gasteiger partial charge in [-0.3, -0.25) is 0 Å². The Morgan fingerprint density at radius 3 is 1.18 bits per heavy atom. The third-order valence-corrected chi connectivity index (χ3v) is 4.12. The number of halogens is 4. The minimum atomic E-state index is -3.28. The molecule has 2 saturated heterocycles. The molecule has 0 spiro atoms. The maximum atomic E-state index is 12.7. The van der Waals surface area contributed by atoms with Gasteiger partial charge in [0.25, 0.3) is 0 Å². The molecule has 2 fully saturated rings. The Labute approximate surface area is 126 Å². The van der Waals surface area contributed by atoms with Gasteiger partial charge in [0.2, 0.25) is 0 Å². The second-order valence-electron chi connectivity index (χ2n) is 5.53. The summed E-state index contributed by atoms with van der Waals surface area (Å²) in [6, 6.07) is 0. The van der Waals surface area contributed by atoms with Gasteiger partial charge in [-0.2, -0.15) is 17.6 Å². The van der Waals surface area contributed by atoms with Crippen LogP contribution in [0.5, 0.6) is 0 Å². The van der Waals surface area contributed by atoms with Crippen molar-refractivity contribution in [1.29, 1.82) is 0 Å². The Bertz CT molecular complexity index is 399. The van der Waals surface area contributed by atoms with E-state index in [0.717, 1.165) is 0 Å². The van der Waals surface area contributed by atoms with Crippen molar-refractivity contribution in [3.8, 4) is 0 Å². The van der Waals surface area contributed by atoms with E-state index in [0.29, 0.717) is 12.8 Å². The van der Waals surface area contributed by atoms with Crippen molar-refractivity contribution in [3.63, 3.8) is 0 Å². The molecule has 0 aliphatic carbocycles. The summed E-state index contributed by atoms with van der Waals surface area (Å²) in [6.45, 7) is 6.10. The molecule has 0 aromatic carbocycles. The molecule has 8 heteroatoms. The van der Waals surface area contributed by atoms with Gasteiger partial charge in [-0.05, 0) is 12.8 Å². The molecule has 0 saturated carbocycles. The predicted octanol–water partition coefficient (Wildman–Crippen LogP) is 3.19. The molecular formula is C14H20F4O4. The fourth-order valence-corrected chi connectivity index (χ4v) is 2.35. The Balaban J connectivity index is 0.000000220. The van der Waals surface area contributed by atoms with E-state index in [-0.39, 0.29) is 0 Å². The van der Waals surface area contributed by atoms with E-state index in [4.69, 9.17) is 0 Å². The van der Waals surface area contributed by atoms with Crippen molar-refractivity contribution in [2.45, 2.75) is 64.6 Å². The Morgan fingerprint density at radius 2 is 1.09 bits per heavy atom. The Hall–Kier alpha value is -1.34. The van der Waals surface area contributed by atoms with E-state index in [9.17, 15) is 27.2 Å². The summed E-state index contributed by atoms with van der Waals surface area (Å²) in [5.41, 5.74) is 0. The number of rotatable bonds is 2.